The van der Waals surface area contributed by atoms with Gasteiger partial charge in [-0.25, -0.2) is 13.1 Å². The van der Waals surface area contributed by atoms with E-state index in [4.69, 9.17) is 0 Å². The Kier molecular flexibility index (Phi) is 5.75. The van der Waals surface area contributed by atoms with E-state index in [0.717, 1.165) is 23.1 Å². The van der Waals surface area contributed by atoms with E-state index < -0.39 is 15.9 Å². The third kappa shape index (κ3) is 4.91. The first kappa shape index (κ1) is 18.2. The third-order valence-corrected chi connectivity index (χ3v) is 4.99. The van der Waals surface area contributed by atoms with Gasteiger partial charge >= 0.3 is 0 Å². The summed E-state index contributed by atoms with van der Waals surface area (Å²) in [6.45, 7) is 5.56. The first-order valence-electron chi connectivity index (χ1n) is 7.77. The van der Waals surface area contributed by atoms with Crippen molar-refractivity contribution >= 4 is 21.6 Å². The van der Waals surface area contributed by atoms with Crippen LogP contribution in [0, 0.1) is 13.8 Å². The van der Waals surface area contributed by atoms with Crippen molar-refractivity contribution in [3.05, 3.63) is 59.2 Å². The topological polar surface area (TPSA) is 75.3 Å². The minimum atomic E-state index is -3.70. The van der Waals surface area contributed by atoms with Gasteiger partial charge in [0.2, 0.25) is 15.9 Å². The van der Waals surface area contributed by atoms with Crippen molar-refractivity contribution in [2.45, 2.75) is 32.1 Å². The third-order valence-electron chi connectivity index (χ3n) is 3.57. The van der Waals surface area contributed by atoms with E-state index in [1.54, 1.807) is 24.3 Å². The predicted octanol–water partition coefficient (Wildman–Crippen LogP) is 2.78. The number of hydrogen-bond donors (Lipinski definition) is 2. The molecule has 0 radical (unpaired) electrons. The summed E-state index contributed by atoms with van der Waals surface area (Å²) < 4.78 is 26.7. The van der Waals surface area contributed by atoms with Gasteiger partial charge in [-0.1, -0.05) is 25.1 Å². The monoisotopic (exact) mass is 346 g/mol. The van der Waals surface area contributed by atoms with Crippen LogP contribution in [0.25, 0.3) is 0 Å². The lowest BCUT2D eigenvalue weighted by atomic mass is 10.1. The zero-order valence-electron chi connectivity index (χ0n) is 14.1. The summed E-state index contributed by atoms with van der Waals surface area (Å²) in [5.74, 6) is -0.409. The molecule has 2 aromatic rings. The minimum Gasteiger partial charge on any atom is -0.325 e. The van der Waals surface area contributed by atoms with E-state index in [0.29, 0.717) is 5.69 Å². The molecule has 0 aliphatic rings. The number of rotatable bonds is 6. The van der Waals surface area contributed by atoms with Crippen molar-refractivity contribution in [1.82, 2.24) is 4.72 Å². The Bertz CT molecular complexity index is 808. The van der Waals surface area contributed by atoms with Gasteiger partial charge in [0.15, 0.2) is 0 Å². The Morgan fingerprint density at radius 1 is 1.00 bits per heavy atom. The molecule has 24 heavy (non-hydrogen) atoms. The van der Waals surface area contributed by atoms with E-state index in [9.17, 15) is 13.2 Å². The van der Waals surface area contributed by atoms with Gasteiger partial charge < -0.3 is 5.32 Å². The summed E-state index contributed by atoms with van der Waals surface area (Å²) in [5, 5.41) is 2.70. The lowest BCUT2D eigenvalue weighted by Gasteiger charge is -2.09. The fraction of sp³-hybridized carbons (Fsp3) is 0.278. The molecule has 128 valence electrons. The maximum absolute atomic E-state index is 12.2. The standard InChI is InChI=1S/C18H22N2O3S/c1-4-15-5-7-17(8-6-15)24(22,23)19-12-18(21)20-16-10-13(2)9-14(3)11-16/h5-11,19H,4,12H2,1-3H3,(H,20,21). The molecule has 0 fully saturated rings. The van der Waals surface area contributed by atoms with Crippen LogP contribution in [0.4, 0.5) is 5.69 Å². The summed E-state index contributed by atoms with van der Waals surface area (Å²) in [5.41, 5.74) is 3.77. The largest absolute Gasteiger partial charge is 0.325 e. The Labute approximate surface area is 143 Å². The molecule has 0 aromatic heterocycles. The van der Waals surface area contributed by atoms with Gasteiger partial charge in [-0.2, -0.15) is 0 Å². The molecule has 0 unspecified atom stereocenters. The van der Waals surface area contributed by atoms with Crippen molar-refractivity contribution in [3.63, 3.8) is 0 Å². The molecule has 0 saturated heterocycles. The Balaban J connectivity index is 1.99. The van der Waals surface area contributed by atoms with E-state index in [1.807, 2.05) is 39.0 Å². The van der Waals surface area contributed by atoms with Gasteiger partial charge in [0, 0.05) is 5.69 Å². The van der Waals surface area contributed by atoms with Crippen LogP contribution in [0.5, 0.6) is 0 Å². The number of sulfonamides is 1. The molecule has 0 heterocycles. The van der Waals surface area contributed by atoms with Crippen molar-refractivity contribution < 1.29 is 13.2 Å². The quantitative estimate of drug-likeness (QED) is 0.844. The molecule has 0 bridgehead atoms. The number of benzene rings is 2. The lowest BCUT2D eigenvalue weighted by Crippen LogP contribution is -2.32. The predicted molar refractivity (Wildman–Crippen MR) is 95.6 cm³/mol. The fourth-order valence-corrected chi connectivity index (χ4v) is 3.38. The van der Waals surface area contributed by atoms with Crippen LogP contribution in [0.1, 0.15) is 23.6 Å². The van der Waals surface area contributed by atoms with Crippen molar-refractivity contribution in [2.24, 2.45) is 0 Å². The number of carbonyl (C=O) groups is 1. The Morgan fingerprint density at radius 2 is 1.58 bits per heavy atom. The second-order valence-corrected chi connectivity index (χ2v) is 7.51. The molecule has 0 saturated carbocycles. The molecule has 0 aliphatic heterocycles. The maximum atomic E-state index is 12.2. The molecule has 0 atom stereocenters. The van der Waals surface area contributed by atoms with E-state index in [1.165, 1.54) is 0 Å². The number of hydrogen-bond acceptors (Lipinski definition) is 3. The molecule has 6 heteroatoms. The van der Waals surface area contributed by atoms with E-state index in [-0.39, 0.29) is 11.4 Å². The molecular weight excluding hydrogens is 324 g/mol. The second kappa shape index (κ2) is 7.59. The number of carbonyl (C=O) groups excluding carboxylic acids is 1. The lowest BCUT2D eigenvalue weighted by molar-refractivity contribution is -0.115. The number of aryl methyl sites for hydroxylation is 3. The first-order chi connectivity index (χ1) is 11.3. The van der Waals surface area contributed by atoms with Crippen molar-refractivity contribution in [1.29, 1.82) is 0 Å². The molecule has 0 aliphatic carbocycles. The van der Waals surface area contributed by atoms with Crippen molar-refractivity contribution in [2.75, 3.05) is 11.9 Å². The molecule has 2 N–H and O–H groups in total. The van der Waals surface area contributed by atoms with Crippen molar-refractivity contribution in [3.8, 4) is 0 Å². The van der Waals surface area contributed by atoms with Crippen LogP contribution >= 0.6 is 0 Å². The molecule has 2 rings (SSSR count). The summed E-state index contributed by atoms with van der Waals surface area (Å²) >= 11 is 0. The van der Waals surface area contributed by atoms with Crippen LogP contribution in [-0.4, -0.2) is 20.9 Å². The van der Waals surface area contributed by atoms with Gasteiger partial charge in [-0.05, 0) is 61.2 Å². The summed E-state index contributed by atoms with van der Waals surface area (Å²) in [6, 6.07) is 12.3. The molecule has 0 spiro atoms. The first-order valence-corrected chi connectivity index (χ1v) is 9.25. The average molecular weight is 346 g/mol. The highest BCUT2D eigenvalue weighted by Gasteiger charge is 2.15. The van der Waals surface area contributed by atoms with Crippen LogP contribution < -0.4 is 10.0 Å². The Morgan fingerprint density at radius 3 is 2.12 bits per heavy atom. The number of anilines is 1. The van der Waals surface area contributed by atoms with Crippen LogP contribution in [0.15, 0.2) is 47.4 Å². The highest BCUT2D eigenvalue weighted by molar-refractivity contribution is 7.89. The SMILES string of the molecule is CCc1ccc(S(=O)(=O)NCC(=O)Nc2cc(C)cc(C)c2)cc1. The highest BCUT2D eigenvalue weighted by atomic mass is 32.2. The van der Waals surface area contributed by atoms with E-state index in [2.05, 4.69) is 10.0 Å². The zero-order valence-corrected chi connectivity index (χ0v) is 14.9. The molecule has 2 aromatic carbocycles. The number of nitrogens with one attached hydrogen (secondary N) is 2. The molecule has 1 amide bonds. The molecular formula is C18H22N2O3S. The van der Waals surface area contributed by atoms with Gasteiger partial charge in [-0.15, -0.1) is 0 Å². The zero-order chi connectivity index (χ0) is 17.7. The van der Waals surface area contributed by atoms with Crippen LogP contribution in [-0.2, 0) is 21.2 Å². The maximum Gasteiger partial charge on any atom is 0.241 e. The summed E-state index contributed by atoms with van der Waals surface area (Å²) in [6.07, 6.45) is 0.839. The smallest absolute Gasteiger partial charge is 0.241 e. The summed E-state index contributed by atoms with van der Waals surface area (Å²) in [7, 11) is -3.70. The van der Waals surface area contributed by atoms with Gasteiger partial charge in [0.05, 0.1) is 11.4 Å². The second-order valence-electron chi connectivity index (χ2n) is 5.75. The highest BCUT2D eigenvalue weighted by Crippen LogP contribution is 2.14. The number of amides is 1. The Hall–Kier alpha value is -2.18. The van der Waals surface area contributed by atoms with Gasteiger partial charge in [0.25, 0.3) is 0 Å². The fourth-order valence-electron chi connectivity index (χ4n) is 2.40. The van der Waals surface area contributed by atoms with E-state index >= 15 is 0 Å². The average Bonchev–Trinajstić information content (AvgIpc) is 2.52. The van der Waals surface area contributed by atoms with Gasteiger partial charge in [0.1, 0.15) is 0 Å². The van der Waals surface area contributed by atoms with Gasteiger partial charge in [-0.3, -0.25) is 4.79 Å². The normalized spacial score (nSPS) is 11.3. The molecule has 5 nitrogen and oxygen atoms in total. The summed E-state index contributed by atoms with van der Waals surface area (Å²) in [4.78, 5) is 12.1. The van der Waals surface area contributed by atoms with Crippen LogP contribution in [0.2, 0.25) is 0 Å². The minimum absolute atomic E-state index is 0.152. The van der Waals surface area contributed by atoms with Crippen LogP contribution in [0.3, 0.4) is 0 Å².